The molecular weight excluding hydrogens is 441 g/mol. The van der Waals surface area contributed by atoms with Crippen LogP contribution in [0.25, 0.3) is 0 Å². The number of hydrogen-bond acceptors (Lipinski definition) is 3. The average molecular weight is 469 g/mol. The van der Waals surface area contributed by atoms with Gasteiger partial charge in [0.1, 0.15) is 5.75 Å². The Morgan fingerprint density at radius 2 is 2.04 bits per heavy atom. The second-order valence-corrected chi connectivity index (χ2v) is 6.59. The summed E-state index contributed by atoms with van der Waals surface area (Å²) in [7, 11) is 3.71. The summed E-state index contributed by atoms with van der Waals surface area (Å²) >= 11 is 0. The first kappa shape index (κ1) is 20.5. The Bertz CT molecular complexity index is 739. The van der Waals surface area contributed by atoms with Crippen molar-refractivity contribution in [2.45, 2.75) is 32.9 Å². The second kappa shape index (κ2) is 9.80. The maximum absolute atomic E-state index is 6.03. The normalized spacial score (nSPS) is 13.9. The highest BCUT2D eigenvalue weighted by Crippen LogP contribution is 2.30. The molecule has 1 aliphatic carbocycles. The summed E-state index contributed by atoms with van der Waals surface area (Å²) in [6.45, 7) is 4.26. The van der Waals surface area contributed by atoms with Crippen molar-refractivity contribution >= 4 is 29.9 Å². The predicted octanol–water partition coefficient (Wildman–Crippen LogP) is 3.00. The number of aliphatic imine (C=N–C) groups is 1. The highest BCUT2D eigenvalue weighted by Gasteiger charge is 2.22. The van der Waals surface area contributed by atoms with E-state index < -0.39 is 0 Å². The summed E-state index contributed by atoms with van der Waals surface area (Å²) in [4.78, 5) is 4.29. The first-order valence-electron chi connectivity index (χ1n) is 8.79. The highest BCUT2D eigenvalue weighted by molar-refractivity contribution is 14.0. The van der Waals surface area contributed by atoms with Crippen LogP contribution in [0, 0.1) is 12.8 Å². The highest BCUT2D eigenvalue weighted by atomic mass is 127. The fourth-order valence-corrected chi connectivity index (χ4v) is 2.58. The number of aromatic nitrogens is 2. The SMILES string of the molecule is CN=C(NCc1ccc(C)cc1OCC1CC1)NCc1ccnn1C.I. The van der Waals surface area contributed by atoms with Crippen LogP contribution in [0.2, 0.25) is 0 Å². The number of rotatable bonds is 7. The van der Waals surface area contributed by atoms with Crippen molar-refractivity contribution in [1.29, 1.82) is 0 Å². The van der Waals surface area contributed by atoms with Crippen molar-refractivity contribution in [3.05, 3.63) is 47.3 Å². The molecule has 1 aliphatic rings. The molecule has 0 saturated heterocycles. The summed E-state index contributed by atoms with van der Waals surface area (Å²) in [6.07, 6.45) is 4.39. The number of ether oxygens (including phenoxy) is 1. The van der Waals surface area contributed by atoms with E-state index in [0.717, 1.165) is 35.5 Å². The minimum atomic E-state index is 0. The molecule has 0 unspecified atom stereocenters. The predicted molar refractivity (Wildman–Crippen MR) is 115 cm³/mol. The molecule has 7 heteroatoms. The molecule has 1 saturated carbocycles. The number of hydrogen-bond donors (Lipinski definition) is 2. The van der Waals surface area contributed by atoms with Crippen LogP contribution in [0.5, 0.6) is 5.75 Å². The molecule has 6 nitrogen and oxygen atoms in total. The maximum Gasteiger partial charge on any atom is 0.191 e. The van der Waals surface area contributed by atoms with Crippen molar-refractivity contribution in [2.24, 2.45) is 18.0 Å². The number of benzene rings is 1. The number of nitrogens with zero attached hydrogens (tertiary/aromatic N) is 3. The van der Waals surface area contributed by atoms with Gasteiger partial charge in [-0.1, -0.05) is 12.1 Å². The summed E-state index contributed by atoms with van der Waals surface area (Å²) < 4.78 is 7.88. The fraction of sp³-hybridized carbons (Fsp3) is 0.474. The van der Waals surface area contributed by atoms with E-state index >= 15 is 0 Å². The molecule has 1 aromatic carbocycles. The Hall–Kier alpha value is -1.77. The lowest BCUT2D eigenvalue weighted by Crippen LogP contribution is -2.36. The third-order valence-corrected chi connectivity index (χ3v) is 4.42. The van der Waals surface area contributed by atoms with E-state index in [1.807, 2.05) is 17.8 Å². The fourth-order valence-electron chi connectivity index (χ4n) is 2.58. The molecule has 1 fully saturated rings. The van der Waals surface area contributed by atoms with Gasteiger partial charge in [0.05, 0.1) is 18.8 Å². The first-order chi connectivity index (χ1) is 12.2. The lowest BCUT2D eigenvalue weighted by Gasteiger charge is -2.15. The molecule has 0 atom stereocenters. The standard InChI is InChI=1S/C19H27N5O.HI/c1-14-4-7-16(18(10-14)25-13-15-5-6-15)11-21-19(20-2)22-12-17-8-9-23-24(17)3;/h4,7-10,15H,5-6,11-13H2,1-3H3,(H2,20,21,22);1H. The van der Waals surface area contributed by atoms with Gasteiger partial charge in [-0.3, -0.25) is 9.67 Å². The van der Waals surface area contributed by atoms with Gasteiger partial charge in [0.2, 0.25) is 0 Å². The summed E-state index contributed by atoms with van der Waals surface area (Å²) in [5.41, 5.74) is 3.47. The monoisotopic (exact) mass is 469 g/mol. The Morgan fingerprint density at radius 1 is 1.27 bits per heavy atom. The number of nitrogens with one attached hydrogen (secondary N) is 2. The quantitative estimate of drug-likeness (QED) is 0.372. The minimum Gasteiger partial charge on any atom is -0.493 e. The van der Waals surface area contributed by atoms with E-state index in [-0.39, 0.29) is 24.0 Å². The second-order valence-electron chi connectivity index (χ2n) is 6.59. The van der Waals surface area contributed by atoms with Crippen molar-refractivity contribution in [1.82, 2.24) is 20.4 Å². The van der Waals surface area contributed by atoms with Crippen LogP contribution in [0.4, 0.5) is 0 Å². The number of guanidine groups is 1. The minimum absolute atomic E-state index is 0. The Labute approximate surface area is 172 Å². The van der Waals surface area contributed by atoms with Crippen LogP contribution >= 0.6 is 24.0 Å². The van der Waals surface area contributed by atoms with Crippen LogP contribution in [-0.2, 0) is 20.1 Å². The molecule has 3 rings (SSSR count). The van der Waals surface area contributed by atoms with Gasteiger partial charge in [-0.25, -0.2) is 0 Å². The van der Waals surface area contributed by atoms with Gasteiger partial charge in [-0.05, 0) is 43.4 Å². The van der Waals surface area contributed by atoms with Crippen LogP contribution in [0.1, 0.15) is 29.7 Å². The zero-order chi connectivity index (χ0) is 17.6. The van der Waals surface area contributed by atoms with E-state index in [0.29, 0.717) is 13.1 Å². The Kier molecular flexibility index (Phi) is 7.74. The third-order valence-electron chi connectivity index (χ3n) is 4.42. The summed E-state index contributed by atoms with van der Waals surface area (Å²) in [6, 6.07) is 8.35. The van der Waals surface area contributed by atoms with Gasteiger partial charge in [0.25, 0.3) is 0 Å². The molecule has 0 aliphatic heterocycles. The van der Waals surface area contributed by atoms with Gasteiger partial charge in [-0.15, -0.1) is 24.0 Å². The van der Waals surface area contributed by atoms with E-state index in [9.17, 15) is 0 Å². The van der Waals surface area contributed by atoms with Gasteiger partial charge >= 0.3 is 0 Å². The molecule has 0 amide bonds. The van der Waals surface area contributed by atoms with Crippen molar-refractivity contribution in [3.63, 3.8) is 0 Å². The molecule has 26 heavy (non-hydrogen) atoms. The lowest BCUT2D eigenvalue weighted by atomic mass is 10.1. The van der Waals surface area contributed by atoms with Crippen LogP contribution in [-0.4, -0.2) is 29.4 Å². The molecule has 2 N–H and O–H groups in total. The lowest BCUT2D eigenvalue weighted by molar-refractivity contribution is 0.296. The number of aryl methyl sites for hydroxylation is 2. The zero-order valence-corrected chi connectivity index (χ0v) is 18.0. The van der Waals surface area contributed by atoms with E-state index in [4.69, 9.17) is 4.74 Å². The van der Waals surface area contributed by atoms with Crippen LogP contribution < -0.4 is 15.4 Å². The molecule has 0 radical (unpaired) electrons. The van der Waals surface area contributed by atoms with Gasteiger partial charge in [-0.2, -0.15) is 5.10 Å². The van der Waals surface area contributed by atoms with Crippen LogP contribution in [0.15, 0.2) is 35.5 Å². The third kappa shape index (κ3) is 5.89. The van der Waals surface area contributed by atoms with Crippen molar-refractivity contribution < 1.29 is 4.74 Å². The zero-order valence-electron chi connectivity index (χ0n) is 15.7. The molecule has 1 aromatic heterocycles. The van der Waals surface area contributed by atoms with E-state index in [1.54, 1.807) is 13.2 Å². The summed E-state index contributed by atoms with van der Waals surface area (Å²) in [5.74, 6) is 2.48. The largest absolute Gasteiger partial charge is 0.493 e. The van der Waals surface area contributed by atoms with Crippen LogP contribution in [0.3, 0.4) is 0 Å². The van der Waals surface area contributed by atoms with Crippen molar-refractivity contribution in [3.8, 4) is 5.75 Å². The Balaban J connectivity index is 0.00000243. The van der Waals surface area contributed by atoms with Gasteiger partial charge in [0.15, 0.2) is 5.96 Å². The van der Waals surface area contributed by atoms with Crippen molar-refractivity contribution in [2.75, 3.05) is 13.7 Å². The van der Waals surface area contributed by atoms with E-state index in [1.165, 1.54) is 18.4 Å². The van der Waals surface area contributed by atoms with E-state index in [2.05, 4.69) is 45.8 Å². The molecule has 142 valence electrons. The molecule has 0 bridgehead atoms. The molecule has 1 heterocycles. The smallest absolute Gasteiger partial charge is 0.191 e. The topological polar surface area (TPSA) is 63.5 Å². The Morgan fingerprint density at radius 3 is 2.69 bits per heavy atom. The summed E-state index contributed by atoms with van der Waals surface area (Å²) in [5, 5.41) is 10.8. The maximum atomic E-state index is 6.03. The molecular formula is C19H28IN5O. The number of halogens is 1. The van der Waals surface area contributed by atoms with Gasteiger partial charge < -0.3 is 15.4 Å². The van der Waals surface area contributed by atoms with Gasteiger partial charge in [0, 0.05) is 32.4 Å². The average Bonchev–Trinajstić information content (AvgIpc) is 3.35. The molecule has 2 aromatic rings. The molecule has 0 spiro atoms. The first-order valence-corrected chi connectivity index (χ1v) is 8.79.